The number of likely N-dealkylation sites (N-methyl/N-ethyl adjacent to an activating group) is 1. The average molecular weight is 299 g/mol. The molecule has 0 spiro atoms. The van der Waals surface area contributed by atoms with Gasteiger partial charge in [-0.25, -0.2) is 4.68 Å². The van der Waals surface area contributed by atoms with E-state index in [1.54, 1.807) is 0 Å². The second-order valence-corrected chi connectivity index (χ2v) is 4.56. The summed E-state index contributed by atoms with van der Waals surface area (Å²) in [6.45, 7) is -0.275. The largest absolute Gasteiger partial charge is 0.408 e. The van der Waals surface area contributed by atoms with Gasteiger partial charge in [0.15, 0.2) is 0 Å². The van der Waals surface area contributed by atoms with Crippen LogP contribution in [-0.2, 0) is 6.54 Å². The summed E-state index contributed by atoms with van der Waals surface area (Å²) in [5, 5.41) is 6.00. The monoisotopic (exact) mass is 298 g/mol. The summed E-state index contributed by atoms with van der Waals surface area (Å²) in [5.74, 6) is 0. The zero-order valence-electron chi connectivity index (χ0n) is 10.5. The van der Waals surface area contributed by atoms with E-state index in [-0.39, 0.29) is 10.7 Å². The molecule has 9 heteroatoms. The third kappa shape index (κ3) is 5.07. The van der Waals surface area contributed by atoms with Crippen LogP contribution in [0.1, 0.15) is 0 Å². The molecule has 0 bridgehead atoms. The van der Waals surface area contributed by atoms with E-state index in [1.165, 1.54) is 0 Å². The molecule has 0 atom stereocenters. The van der Waals surface area contributed by atoms with Gasteiger partial charge in [-0.15, -0.1) is 0 Å². The second-order valence-electron chi connectivity index (χ2n) is 4.18. The zero-order valence-corrected chi connectivity index (χ0v) is 11.2. The summed E-state index contributed by atoms with van der Waals surface area (Å²) in [7, 11) is 3.73. The van der Waals surface area contributed by atoms with Gasteiger partial charge < -0.3 is 10.2 Å². The number of nitrogens with zero attached hydrogens (tertiary/aromatic N) is 3. The number of hydrogen-bond acceptors (Lipinski definition) is 4. The van der Waals surface area contributed by atoms with Crippen molar-refractivity contribution >= 4 is 17.3 Å². The predicted molar refractivity (Wildman–Crippen MR) is 66.6 cm³/mol. The van der Waals surface area contributed by atoms with Gasteiger partial charge in [-0.1, -0.05) is 11.6 Å². The lowest BCUT2D eigenvalue weighted by atomic mass is 10.4. The molecule has 1 rings (SSSR count). The van der Waals surface area contributed by atoms with Gasteiger partial charge in [0.25, 0.3) is 5.56 Å². The lowest BCUT2D eigenvalue weighted by molar-refractivity contribution is -0.143. The number of rotatable bonds is 5. The van der Waals surface area contributed by atoms with E-state index in [0.29, 0.717) is 17.8 Å². The third-order valence-electron chi connectivity index (χ3n) is 2.19. The van der Waals surface area contributed by atoms with Crippen LogP contribution < -0.4 is 10.9 Å². The van der Waals surface area contributed by atoms with Gasteiger partial charge in [0.2, 0.25) is 0 Å². The number of halogens is 4. The first-order valence-corrected chi connectivity index (χ1v) is 5.79. The van der Waals surface area contributed by atoms with E-state index < -0.39 is 18.3 Å². The normalized spacial score (nSPS) is 11.9. The fourth-order valence-corrected chi connectivity index (χ4v) is 1.50. The Hall–Kier alpha value is -1.28. The highest BCUT2D eigenvalue weighted by molar-refractivity contribution is 6.32. The Morgan fingerprint density at radius 1 is 1.47 bits per heavy atom. The molecule has 108 valence electrons. The number of alkyl halides is 3. The molecule has 5 nitrogen and oxygen atoms in total. The molecule has 1 aromatic rings. The maximum Gasteiger partial charge on any atom is 0.408 e. The average Bonchev–Trinajstić information content (AvgIpc) is 2.26. The molecule has 1 aromatic heterocycles. The van der Waals surface area contributed by atoms with Gasteiger partial charge in [-0.3, -0.25) is 4.79 Å². The Kier molecular flexibility index (Phi) is 5.19. The molecule has 0 aromatic carbocycles. The second kappa shape index (κ2) is 6.25. The molecule has 0 unspecified atom stereocenters. The van der Waals surface area contributed by atoms with Gasteiger partial charge in [-0.2, -0.15) is 18.3 Å². The van der Waals surface area contributed by atoms with Crippen molar-refractivity contribution in [1.82, 2.24) is 14.7 Å². The molecule has 0 radical (unpaired) electrons. The molecule has 1 heterocycles. The summed E-state index contributed by atoms with van der Waals surface area (Å²) in [6.07, 6.45) is -3.40. The summed E-state index contributed by atoms with van der Waals surface area (Å²) >= 11 is 5.73. The third-order valence-corrected chi connectivity index (χ3v) is 2.55. The molecule has 0 aliphatic rings. The van der Waals surface area contributed by atoms with Crippen molar-refractivity contribution in [2.45, 2.75) is 12.7 Å². The van der Waals surface area contributed by atoms with Gasteiger partial charge in [-0.05, 0) is 14.1 Å². The molecular weight excluding hydrogens is 285 g/mol. The molecular formula is C10H14ClF3N4O. The van der Waals surface area contributed by atoms with Crippen molar-refractivity contribution < 1.29 is 13.2 Å². The van der Waals surface area contributed by atoms with Crippen LogP contribution in [0, 0.1) is 0 Å². The highest BCUT2D eigenvalue weighted by atomic mass is 35.5. The van der Waals surface area contributed by atoms with Crippen molar-refractivity contribution in [1.29, 1.82) is 0 Å². The maximum atomic E-state index is 12.2. The fraction of sp³-hybridized carbons (Fsp3) is 0.600. The summed E-state index contributed by atoms with van der Waals surface area (Å²) in [5.41, 5.74) is -0.735. The highest BCUT2D eigenvalue weighted by Gasteiger charge is 2.29. The predicted octanol–water partition coefficient (Wildman–Crippen LogP) is 1.43. The molecule has 0 amide bonds. The molecule has 0 saturated carbocycles. The Labute approximate surface area is 113 Å². The molecule has 19 heavy (non-hydrogen) atoms. The highest BCUT2D eigenvalue weighted by Crippen LogP contribution is 2.18. The van der Waals surface area contributed by atoms with Crippen LogP contribution in [0.15, 0.2) is 11.0 Å². The van der Waals surface area contributed by atoms with Gasteiger partial charge in [0, 0.05) is 13.1 Å². The van der Waals surface area contributed by atoms with E-state index >= 15 is 0 Å². The SMILES string of the molecule is CN(C)CCNc1cnn(CC(F)(F)F)c(=O)c1Cl. The number of hydrogen-bond donors (Lipinski definition) is 1. The topological polar surface area (TPSA) is 50.2 Å². The number of anilines is 1. The number of nitrogens with one attached hydrogen (secondary N) is 1. The standard InChI is InChI=1S/C10H14ClF3N4O/c1-17(2)4-3-15-7-5-16-18(6-10(12,13)14)9(19)8(7)11/h5,15H,3-4,6H2,1-2H3. The van der Waals surface area contributed by atoms with Crippen LogP contribution in [-0.4, -0.2) is 48.0 Å². The Balaban J connectivity index is 2.83. The lowest BCUT2D eigenvalue weighted by Crippen LogP contribution is -2.31. The van der Waals surface area contributed by atoms with E-state index in [2.05, 4.69) is 10.4 Å². The first kappa shape index (κ1) is 15.8. The van der Waals surface area contributed by atoms with Gasteiger partial charge in [0.05, 0.1) is 11.9 Å². The summed E-state index contributed by atoms with van der Waals surface area (Å²) < 4.78 is 36.8. The first-order valence-electron chi connectivity index (χ1n) is 5.41. The summed E-state index contributed by atoms with van der Waals surface area (Å²) in [6, 6.07) is 0. The van der Waals surface area contributed by atoms with Crippen molar-refractivity contribution in [3.63, 3.8) is 0 Å². The first-order chi connectivity index (χ1) is 8.70. The minimum absolute atomic E-state index is 0.229. The van der Waals surface area contributed by atoms with E-state index in [4.69, 9.17) is 11.6 Å². The Morgan fingerprint density at radius 2 is 2.11 bits per heavy atom. The molecule has 0 fully saturated rings. The molecule has 0 aliphatic carbocycles. The van der Waals surface area contributed by atoms with Crippen LogP contribution in [0.25, 0.3) is 0 Å². The van der Waals surface area contributed by atoms with E-state index in [0.717, 1.165) is 6.20 Å². The smallest absolute Gasteiger partial charge is 0.381 e. The van der Waals surface area contributed by atoms with Crippen LogP contribution in [0.4, 0.5) is 18.9 Å². The van der Waals surface area contributed by atoms with Crippen LogP contribution >= 0.6 is 11.6 Å². The number of aromatic nitrogens is 2. The lowest BCUT2D eigenvalue weighted by Gasteiger charge is -2.13. The minimum Gasteiger partial charge on any atom is -0.381 e. The van der Waals surface area contributed by atoms with Crippen molar-refractivity contribution in [3.05, 3.63) is 21.6 Å². The van der Waals surface area contributed by atoms with Crippen LogP contribution in [0.3, 0.4) is 0 Å². The zero-order chi connectivity index (χ0) is 14.6. The maximum absolute atomic E-state index is 12.2. The van der Waals surface area contributed by atoms with Crippen molar-refractivity contribution in [3.8, 4) is 0 Å². The van der Waals surface area contributed by atoms with Crippen molar-refractivity contribution in [2.24, 2.45) is 0 Å². The fourth-order valence-electron chi connectivity index (χ4n) is 1.28. The molecule has 0 saturated heterocycles. The van der Waals surface area contributed by atoms with Crippen LogP contribution in [0.5, 0.6) is 0 Å². The molecule has 1 N–H and O–H groups in total. The van der Waals surface area contributed by atoms with E-state index in [1.807, 2.05) is 19.0 Å². The molecule has 0 aliphatic heterocycles. The van der Waals surface area contributed by atoms with Crippen molar-refractivity contribution in [2.75, 3.05) is 32.5 Å². The van der Waals surface area contributed by atoms with Gasteiger partial charge >= 0.3 is 6.18 Å². The van der Waals surface area contributed by atoms with Gasteiger partial charge in [0.1, 0.15) is 11.6 Å². The summed E-state index contributed by atoms with van der Waals surface area (Å²) in [4.78, 5) is 13.5. The Bertz CT molecular complexity index is 487. The minimum atomic E-state index is -4.51. The Morgan fingerprint density at radius 3 is 2.63 bits per heavy atom. The van der Waals surface area contributed by atoms with E-state index in [9.17, 15) is 18.0 Å². The quantitative estimate of drug-likeness (QED) is 0.893. The van der Waals surface area contributed by atoms with Crippen LogP contribution in [0.2, 0.25) is 5.02 Å².